The predicted molar refractivity (Wildman–Crippen MR) is 91.5 cm³/mol. The number of nitrogens with one attached hydrogen (secondary N) is 2. The lowest BCUT2D eigenvalue weighted by Crippen LogP contribution is -1.92. The van der Waals surface area contributed by atoms with Crippen LogP contribution >= 0.6 is 0 Å². The van der Waals surface area contributed by atoms with Crippen molar-refractivity contribution in [3.8, 4) is 6.07 Å². The van der Waals surface area contributed by atoms with E-state index in [1.54, 1.807) is 6.21 Å². The summed E-state index contributed by atoms with van der Waals surface area (Å²) in [5, 5.41) is 19.5. The van der Waals surface area contributed by atoms with Crippen LogP contribution in [0.3, 0.4) is 0 Å². The molecule has 2 aromatic carbocycles. The Kier molecular flexibility index (Phi) is 4.16. The highest BCUT2D eigenvalue weighted by Gasteiger charge is 2.12. The minimum absolute atomic E-state index is 0.367. The van der Waals surface area contributed by atoms with Gasteiger partial charge in [-0.05, 0) is 24.6 Å². The van der Waals surface area contributed by atoms with Gasteiger partial charge in [0.25, 0.3) is 0 Å². The van der Waals surface area contributed by atoms with Gasteiger partial charge in [0.05, 0.1) is 0 Å². The van der Waals surface area contributed by atoms with Crippen LogP contribution in [0.15, 0.2) is 59.6 Å². The zero-order chi connectivity index (χ0) is 16.1. The second-order valence-corrected chi connectivity index (χ2v) is 5.07. The fourth-order valence-corrected chi connectivity index (χ4v) is 2.08. The fraction of sp³-hybridized carbons (Fsp3) is 0.0556. The number of hydrogen-bond acceptors (Lipinski definition) is 4. The standard InChI is InChI=1S/C18H15N5/c1-13-7-9-15(10-8-13)21-18-16(11-19)17(22-23-18)20-12-14-5-3-2-4-6-14/h2-10,12H,1H3,(H2,21,22,23). The molecular weight excluding hydrogens is 286 g/mol. The summed E-state index contributed by atoms with van der Waals surface area (Å²) in [7, 11) is 0. The second-order valence-electron chi connectivity index (χ2n) is 5.07. The molecule has 0 atom stereocenters. The molecule has 0 bridgehead atoms. The minimum atomic E-state index is 0.367. The van der Waals surface area contributed by atoms with Gasteiger partial charge in [-0.15, -0.1) is 0 Å². The van der Waals surface area contributed by atoms with Crippen molar-refractivity contribution in [1.29, 1.82) is 5.26 Å². The molecule has 0 aliphatic heterocycles. The first-order valence-corrected chi connectivity index (χ1v) is 7.17. The number of aromatic nitrogens is 2. The third-order valence-electron chi connectivity index (χ3n) is 3.32. The van der Waals surface area contributed by atoms with E-state index in [9.17, 15) is 5.26 Å². The van der Waals surface area contributed by atoms with Gasteiger partial charge in [-0.2, -0.15) is 10.4 Å². The first kappa shape index (κ1) is 14.5. The molecule has 0 amide bonds. The maximum absolute atomic E-state index is 9.38. The number of anilines is 2. The lowest BCUT2D eigenvalue weighted by atomic mass is 10.2. The Bertz CT molecular complexity index is 855. The molecule has 0 spiro atoms. The van der Waals surface area contributed by atoms with Crippen molar-refractivity contribution >= 4 is 23.5 Å². The van der Waals surface area contributed by atoms with E-state index in [0.717, 1.165) is 11.3 Å². The van der Waals surface area contributed by atoms with Crippen molar-refractivity contribution in [2.24, 2.45) is 4.99 Å². The van der Waals surface area contributed by atoms with Gasteiger partial charge >= 0.3 is 0 Å². The average Bonchev–Trinajstić information content (AvgIpc) is 2.97. The van der Waals surface area contributed by atoms with E-state index in [1.165, 1.54) is 5.56 Å². The topological polar surface area (TPSA) is 76.9 Å². The summed E-state index contributed by atoms with van der Waals surface area (Å²) in [6, 6.07) is 19.7. The molecular formula is C18H15N5. The number of nitriles is 1. The van der Waals surface area contributed by atoms with Gasteiger partial charge in [0.2, 0.25) is 0 Å². The molecule has 0 saturated carbocycles. The molecule has 0 unspecified atom stereocenters. The molecule has 1 heterocycles. The molecule has 0 fully saturated rings. The van der Waals surface area contributed by atoms with Crippen LogP contribution in [-0.4, -0.2) is 16.4 Å². The number of H-pyrrole nitrogens is 1. The van der Waals surface area contributed by atoms with Crippen LogP contribution in [0.25, 0.3) is 0 Å². The summed E-state index contributed by atoms with van der Waals surface area (Å²) in [4.78, 5) is 4.29. The third-order valence-corrected chi connectivity index (χ3v) is 3.32. The number of aryl methyl sites for hydroxylation is 1. The summed E-state index contributed by atoms with van der Waals surface area (Å²) < 4.78 is 0. The normalized spacial score (nSPS) is 10.6. The van der Waals surface area contributed by atoms with Gasteiger partial charge in [-0.3, -0.25) is 5.10 Å². The molecule has 2 N–H and O–H groups in total. The molecule has 112 valence electrons. The quantitative estimate of drug-likeness (QED) is 0.713. The van der Waals surface area contributed by atoms with E-state index in [-0.39, 0.29) is 0 Å². The van der Waals surface area contributed by atoms with Crippen LogP contribution < -0.4 is 5.32 Å². The van der Waals surface area contributed by atoms with Crippen LogP contribution in [-0.2, 0) is 0 Å². The van der Waals surface area contributed by atoms with E-state index >= 15 is 0 Å². The molecule has 1 aromatic heterocycles. The lowest BCUT2D eigenvalue weighted by Gasteiger charge is -2.04. The van der Waals surface area contributed by atoms with Gasteiger partial charge in [0.1, 0.15) is 17.5 Å². The van der Waals surface area contributed by atoms with E-state index in [0.29, 0.717) is 17.2 Å². The Balaban J connectivity index is 1.84. The highest BCUT2D eigenvalue weighted by molar-refractivity contribution is 5.83. The van der Waals surface area contributed by atoms with Crippen molar-refractivity contribution in [1.82, 2.24) is 10.2 Å². The maximum Gasteiger partial charge on any atom is 0.193 e. The zero-order valence-electron chi connectivity index (χ0n) is 12.6. The van der Waals surface area contributed by atoms with E-state index in [4.69, 9.17) is 0 Å². The highest BCUT2D eigenvalue weighted by atomic mass is 15.2. The van der Waals surface area contributed by atoms with Crippen molar-refractivity contribution in [3.63, 3.8) is 0 Å². The summed E-state index contributed by atoms with van der Waals surface area (Å²) in [5.74, 6) is 0.905. The van der Waals surface area contributed by atoms with Crippen LogP contribution in [0, 0.1) is 18.3 Å². The van der Waals surface area contributed by atoms with Gasteiger partial charge in [0.15, 0.2) is 5.82 Å². The van der Waals surface area contributed by atoms with Gasteiger partial charge < -0.3 is 5.32 Å². The summed E-state index contributed by atoms with van der Waals surface area (Å²) in [5.41, 5.74) is 3.40. The van der Waals surface area contributed by atoms with Gasteiger partial charge in [-0.25, -0.2) is 4.99 Å². The van der Waals surface area contributed by atoms with Crippen molar-refractivity contribution in [2.45, 2.75) is 6.92 Å². The van der Waals surface area contributed by atoms with Gasteiger partial charge in [0, 0.05) is 11.9 Å². The van der Waals surface area contributed by atoms with E-state index in [1.807, 2.05) is 61.5 Å². The Morgan fingerprint density at radius 2 is 1.87 bits per heavy atom. The first-order valence-electron chi connectivity index (χ1n) is 7.17. The molecule has 0 aliphatic rings. The molecule has 0 aliphatic carbocycles. The SMILES string of the molecule is Cc1ccc(Nc2[nH]nc(N=Cc3ccccc3)c2C#N)cc1. The Labute approximate surface area is 134 Å². The molecule has 3 aromatic rings. The zero-order valence-corrected chi connectivity index (χ0v) is 12.6. The minimum Gasteiger partial charge on any atom is -0.339 e. The van der Waals surface area contributed by atoms with Crippen LogP contribution in [0.1, 0.15) is 16.7 Å². The number of hydrogen-bond donors (Lipinski definition) is 2. The number of benzene rings is 2. The molecule has 5 heteroatoms. The Hall–Kier alpha value is -3.39. The Morgan fingerprint density at radius 1 is 1.13 bits per heavy atom. The number of nitrogens with zero attached hydrogens (tertiary/aromatic N) is 3. The molecule has 5 nitrogen and oxygen atoms in total. The molecule has 0 saturated heterocycles. The van der Waals surface area contributed by atoms with Crippen LogP contribution in [0.4, 0.5) is 17.3 Å². The fourth-order valence-electron chi connectivity index (χ4n) is 2.08. The summed E-state index contributed by atoms with van der Waals surface area (Å²) >= 11 is 0. The maximum atomic E-state index is 9.38. The van der Waals surface area contributed by atoms with Gasteiger partial charge in [-0.1, -0.05) is 48.0 Å². The highest BCUT2D eigenvalue weighted by Crippen LogP contribution is 2.25. The Morgan fingerprint density at radius 3 is 2.57 bits per heavy atom. The third kappa shape index (κ3) is 3.44. The second kappa shape index (κ2) is 6.58. The van der Waals surface area contributed by atoms with Crippen molar-refractivity contribution in [2.75, 3.05) is 5.32 Å². The summed E-state index contributed by atoms with van der Waals surface area (Å²) in [6.45, 7) is 2.02. The lowest BCUT2D eigenvalue weighted by molar-refractivity contribution is 1.09. The number of rotatable bonds is 4. The largest absolute Gasteiger partial charge is 0.339 e. The first-order chi connectivity index (χ1) is 11.3. The predicted octanol–water partition coefficient (Wildman–Crippen LogP) is 4.08. The van der Waals surface area contributed by atoms with Crippen LogP contribution in [0.5, 0.6) is 0 Å². The van der Waals surface area contributed by atoms with E-state index < -0.39 is 0 Å². The summed E-state index contributed by atoms with van der Waals surface area (Å²) in [6.07, 6.45) is 1.69. The van der Waals surface area contributed by atoms with E-state index in [2.05, 4.69) is 26.6 Å². The van der Waals surface area contributed by atoms with Crippen molar-refractivity contribution < 1.29 is 0 Å². The number of aliphatic imine (C=N–C) groups is 1. The molecule has 0 radical (unpaired) electrons. The average molecular weight is 301 g/mol. The molecule has 3 rings (SSSR count). The van der Waals surface area contributed by atoms with Crippen molar-refractivity contribution in [3.05, 3.63) is 71.3 Å². The van der Waals surface area contributed by atoms with Crippen LogP contribution in [0.2, 0.25) is 0 Å². The monoisotopic (exact) mass is 301 g/mol. The molecule has 23 heavy (non-hydrogen) atoms. The number of aromatic amines is 1. The smallest absolute Gasteiger partial charge is 0.193 e.